The number of benzene rings is 1. The van der Waals surface area contributed by atoms with Gasteiger partial charge in [0, 0.05) is 26.2 Å². The van der Waals surface area contributed by atoms with Gasteiger partial charge < -0.3 is 14.4 Å². The first-order chi connectivity index (χ1) is 12.9. The van der Waals surface area contributed by atoms with Crippen molar-refractivity contribution in [2.75, 3.05) is 32.8 Å². The van der Waals surface area contributed by atoms with Crippen molar-refractivity contribution < 1.29 is 14.3 Å². The van der Waals surface area contributed by atoms with Crippen LogP contribution >= 0.6 is 0 Å². The van der Waals surface area contributed by atoms with Gasteiger partial charge in [0.1, 0.15) is 5.60 Å². The van der Waals surface area contributed by atoms with E-state index in [1.54, 1.807) is 0 Å². The van der Waals surface area contributed by atoms with Gasteiger partial charge in [0.25, 0.3) is 0 Å². The molecular formula is C22H34N2O3. The van der Waals surface area contributed by atoms with E-state index in [9.17, 15) is 4.79 Å². The monoisotopic (exact) mass is 374 g/mol. The quantitative estimate of drug-likeness (QED) is 0.783. The van der Waals surface area contributed by atoms with E-state index >= 15 is 0 Å². The average Bonchev–Trinajstić information content (AvgIpc) is 3.36. The molecule has 0 atom stereocenters. The van der Waals surface area contributed by atoms with Crippen molar-refractivity contribution in [2.45, 2.75) is 64.2 Å². The van der Waals surface area contributed by atoms with Crippen LogP contribution in [0.2, 0.25) is 0 Å². The van der Waals surface area contributed by atoms with Gasteiger partial charge in [0.2, 0.25) is 0 Å². The van der Waals surface area contributed by atoms with Crippen molar-refractivity contribution in [3.05, 3.63) is 35.9 Å². The lowest BCUT2D eigenvalue weighted by Crippen LogP contribution is -2.40. The van der Waals surface area contributed by atoms with E-state index in [1.807, 2.05) is 25.7 Å². The van der Waals surface area contributed by atoms with Gasteiger partial charge in [-0.1, -0.05) is 30.3 Å². The molecule has 1 amide bonds. The first-order valence-electron chi connectivity index (χ1n) is 10.2. The second-order valence-electron chi connectivity index (χ2n) is 8.90. The number of carbonyl (C=O) groups excluding carboxylic acids is 1. The van der Waals surface area contributed by atoms with Crippen LogP contribution in [0.5, 0.6) is 0 Å². The number of hydrogen-bond donors (Lipinski definition) is 0. The van der Waals surface area contributed by atoms with Crippen LogP contribution in [0.3, 0.4) is 0 Å². The van der Waals surface area contributed by atoms with E-state index in [0.717, 1.165) is 51.9 Å². The Balaban J connectivity index is 1.60. The van der Waals surface area contributed by atoms with E-state index in [-0.39, 0.29) is 11.7 Å². The molecule has 0 aromatic heterocycles. The smallest absolute Gasteiger partial charge is 0.410 e. The van der Waals surface area contributed by atoms with Crippen LogP contribution in [0, 0.1) is 0 Å². The molecule has 1 heterocycles. The van der Waals surface area contributed by atoms with Crippen LogP contribution in [0.4, 0.5) is 4.79 Å². The van der Waals surface area contributed by atoms with Crippen molar-refractivity contribution in [3.63, 3.8) is 0 Å². The molecule has 2 aliphatic rings. The highest BCUT2D eigenvalue weighted by atomic mass is 16.6. The molecule has 150 valence electrons. The number of ether oxygens (including phenoxy) is 2. The van der Waals surface area contributed by atoms with E-state index in [0.29, 0.717) is 13.2 Å². The number of nitrogens with zero attached hydrogens (tertiary/aromatic N) is 2. The second-order valence-corrected chi connectivity index (χ2v) is 8.90. The van der Waals surface area contributed by atoms with Crippen LogP contribution in [0.15, 0.2) is 30.3 Å². The molecule has 5 heteroatoms. The Morgan fingerprint density at radius 1 is 1.11 bits per heavy atom. The molecule has 1 aromatic carbocycles. The number of hydrogen-bond acceptors (Lipinski definition) is 4. The molecule has 1 aromatic rings. The van der Waals surface area contributed by atoms with E-state index in [4.69, 9.17) is 9.47 Å². The highest BCUT2D eigenvalue weighted by molar-refractivity contribution is 5.68. The zero-order valence-electron chi connectivity index (χ0n) is 17.1. The van der Waals surface area contributed by atoms with Crippen LogP contribution in [-0.4, -0.2) is 59.9 Å². The fourth-order valence-corrected chi connectivity index (χ4v) is 3.58. The third-order valence-corrected chi connectivity index (χ3v) is 5.14. The Kier molecular flexibility index (Phi) is 6.43. The number of amides is 1. The van der Waals surface area contributed by atoms with Gasteiger partial charge in [0.05, 0.1) is 12.2 Å². The summed E-state index contributed by atoms with van der Waals surface area (Å²) in [6.45, 7) is 10.6. The minimum atomic E-state index is -0.464. The van der Waals surface area contributed by atoms with Crippen molar-refractivity contribution in [1.29, 1.82) is 0 Å². The molecule has 3 rings (SSSR count). The normalized spacial score (nSPS) is 21.5. The summed E-state index contributed by atoms with van der Waals surface area (Å²) >= 11 is 0. The summed E-state index contributed by atoms with van der Waals surface area (Å²) in [6, 6.07) is 10.6. The van der Waals surface area contributed by atoms with Gasteiger partial charge in [-0.3, -0.25) is 4.90 Å². The van der Waals surface area contributed by atoms with Crippen molar-refractivity contribution in [2.24, 2.45) is 0 Å². The molecule has 1 saturated carbocycles. The molecule has 0 radical (unpaired) electrons. The summed E-state index contributed by atoms with van der Waals surface area (Å²) in [4.78, 5) is 16.8. The first kappa shape index (κ1) is 20.2. The highest BCUT2D eigenvalue weighted by Crippen LogP contribution is 2.40. The van der Waals surface area contributed by atoms with Crippen molar-refractivity contribution in [1.82, 2.24) is 9.80 Å². The zero-order chi connectivity index (χ0) is 19.3. The van der Waals surface area contributed by atoms with Gasteiger partial charge in [-0.15, -0.1) is 0 Å². The third-order valence-electron chi connectivity index (χ3n) is 5.14. The lowest BCUT2D eigenvalue weighted by atomic mass is 10.1. The maximum atomic E-state index is 12.5. The molecule has 1 saturated heterocycles. The molecular weight excluding hydrogens is 340 g/mol. The predicted octanol–water partition coefficient (Wildman–Crippen LogP) is 4.07. The number of carbonyl (C=O) groups is 1. The Hall–Kier alpha value is -1.59. The molecule has 0 N–H and O–H groups in total. The molecule has 1 aliphatic heterocycles. The summed E-state index contributed by atoms with van der Waals surface area (Å²) in [5.74, 6) is 0. The SMILES string of the molecule is CC(C)(C)OC(=O)N1CCCCN(Cc2ccccc2)CC2(CC2)OCC1. The molecule has 2 fully saturated rings. The Morgan fingerprint density at radius 3 is 2.48 bits per heavy atom. The molecule has 1 aliphatic carbocycles. The highest BCUT2D eigenvalue weighted by Gasteiger charge is 2.45. The van der Waals surface area contributed by atoms with E-state index in [1.165, 1.54) is 5.56 Å². The van der Waals surface area contributed by atoms with Crippen molar-refractivity contribution >= 4 is 6.09 Å². The van der Waals surface area contributed by atoms with Gasteiger partial charge in [0.15, 0.2) is 0 Å². The van der Waals surface area contributed by atoms with Crippen LogP contribution in [0.1, 0.15) is 52.0 Å². The summed E-state index contributed by atoms with van der Waals surface area (Å²) < 4.78 is 11.8. The first-order valence-corrected chi connectivity index (χ1v) is 10.2. The number of rotatable bonds is 2. The average molecular weight is 375 g/mol. The Bertz CT molecular complexity index is 608. The van der Waals surface area contributed by atoms with Gasteiger partial charge in [-0.2, -0.15) is 0 Å². The summed E-state index contributed by atoms with van der Waals surface area (Å²) in [5, 5.41) is 0. The topological polar surface area (TPSA) is 42.0 Å². The molecule has 27 heavy (non-hydrogen) atoms. The fraction of sp³-hybridized carbons (Fsp3) is 0.682. The van der Waals surface area contributed by atoms with Gasteiger partial charge >= 0.3 is 6.09 Å². The molecule has 0 unspecified atom stereocenters. The lowest BCUT2D eigenvalue weighted by molar-refractivity contribution is -0.0113. The second kappa shape index (κ2) is 8.61. The van der Waals surface area contributed by atoms with Crippen LogP contribution in [0.25, 0.3) is 0 Å². The standard InChI is InChI=1S/C22H34N2O3/c1-21(2,3)27-20(25)24-14-8-7-13-23(17-19-9-5-4-6-10-19)18-22(11-12-22)26-16-15-24/h4-6,9-10H,7-8,11-18H2,1-3H3. The Labute approximate surface area is 163 Å². The minimum Gasteiger partial charge on any atom is -0.444 e. The van der Waals surface area contributed by atoms with Crippen LogP contribution in [-0.2, 0) is 16.0 Å². The largest absolute Gasteiger partial charge is 0.444 e. The lowest BCUT2D eigenvalue weighted by Gasteiger charge is -2.28. The third kappa shape index (κ3) is 6.51. The van der Waals surface area contributed by atoms with Gasteiger partial charge in [-0.25, -0.2) is 4.79 Å². The maximum Gasteiger partial charge on any atom is 0.410 e. The summed E-state index contributed by atoms with van der Waals surface area (Å²) in [5.41, 5.74) is 0.867. The van der Waals surface area contributed by atoms with Crippen molar-refractivity contribution in [3.8, 4) is 0 Å². The van der Waals surface area contributed by atoms with E-state index < -0.39 is 5.60 Å². The summed E-state index contributed by atoms with van der Waals surface area (Å²) in [7, 11) is 0. The maximum absolute atomic E-state index is 12.5. The Morgan fingerprint density at radius 2 is 1.81 bits per heavy atom. The fourth-order valence-electron chi connectivity index (χ4n) is 3.58. The molecule has 1 spiro atoms. The van der Waals surface area contributed by atoms with E-state index in [2.05, 4.69) is 35.2 Å². The predicted molar refractivity (Wildman–Crippen MR) is 107 cm³/mol. The van der Waals surface area contributed by atoms with Gasteiger partial charge in [-0.05, 0) is 58.6 Å². The van der Waals surface area contributed by atoms with Crippen LogP contribution < -0.4 is 0 Å². The summed E-state index contributed by atoms with van der Waals surface area (Å²) in [6.07, 6.45) is 4.06. The molecule has 5 nitrogen and oxygen atoms in total. The zero-order valence-corrected chi connectivity index (χ0v) is 17.1. The molecule has 0 bridgehead atoms. The minimum absolute atomic E-state index is 0.0152.